The first-order valence-corrected chi connectivity index (χ1v) is 8.79. The summed E-state index contributed by atoms with van der Waals surface area (Å²) < 4.78 is 1.98. The highest BCUT2D eigenvalue weighted by atomic mass is 16.3. The first-order valence-electron chi connectivity index (χ1n) is 8.79. The maximum absolute atomic E-state index is 13.0. The van der Waals surface area contributed by atoms with Crippen LogP contribution in [0.1, 0.15) is 46.6 Å². The van der Waals surface area contributed by atoms with Crippen LogP contribution in [0.3, 0.4) is 0 Å². The molecule has 5 nitrogen and oxygen atoms in total. The largest absolute Gasteiger partial charge is 0.393 e. The van der Waals surface area contributed by atoms with Crippen LogP contribution in [-0.2, 0) is 12.8 Å². The van der Waals surface area contributed by atoms with Crippen molar-refractivity contribution in [2.45, 2.75) is 45.1 Å². The first kappa shape index (κ1) is 15.4. The number of likely N-dealkylation sites (tertiary alicyclic amines) is 1. The van der Waals surface area contributed by atoms with Crippen molar-refractivity contribution in [1.29, 1.82) is 0 Å². The number of para-hydroxylation sites is 1. The van der Waals surface area contributed by atoms with Crippen molar-refractivity contribution < 1.29 is 9.90 Å². The SMILES string of the molecule is Cc1ccccc1-n1nc(C(=O)N2CCC(O)CC2)c2c1CCC2. The number of nitrogens with zero attached hydrogens (tertiary/aromatic N) is 3. The van der Waals surface area contributed by atoms with Crippen LogP contribution < -0.4 is 0 Å². The fourth-order valence-electron chi connectivity index (χ4n) is 3.83. The molecule has 0 atom stereocenters. The van der Waals surface area contributed by atoms with E-state index in [1.165, 1.54) is 5.69 Å². The Balaban J connectivity index is 1.71. The number of hydrogen-bond donors (Lipinski definition) is 1. The molecule has 2 aromatic rings. The van der Waals surface area contributed by atoms with Crippen molar-refractivity contribution >= 4 is 5.91 Å². The molecule has 1 aliphatic heterocycles. The number of aromatic nitrogens is 2. The molecule has 1 N–H and O–H groups in total. The summed E-state index contributed by atoms with van der Waals surface area (Å²) in [7, 11) is 0. The molecule has 24 heavy (non-hydrogen) atoms. The molecule has 1 amide bonds. The molecule has 4 rings (SSSR count). The van der Waals surface area contributed by atoms with Gasteiger partial charge in [-0.05, 0) is 50.7 Å². The number of piperidine rings is 1. The van der Waals surface area contributed by atoms with E-state index in [4.69, 9.17) is 5.10 Å². The number of benzene rings is 1. The van der Waals surface area contributed by atoms with E-state index in [0.717, 1.165) is 36.1 Å². The molecule has 0 saturated carbocycles. The summed E-state index contributed by atoms with van der Waals surface area (Å²) in [6, 6.07) is 8.17. The molecule has 1 aliphatic carbocycles. The minimum absolute atomic E-state index is 0.0207. The molecule has 0 unspecified atom stereocenters. The van der Waals surface area contributed by atoms with Gasteiger partial charge in [0, 0.05) is 24.3 Å². The lowest BCUT2D eigenvalue weighted by Gasteiger charge is -2.29. The zero-order valence-electron chi connectivity index (χ0n) is 14.0. The van der Waals surface area contributed by atoms with E-state index in [1.807, 2.05) is 21.7 Å². The molecule has 1 saturated heterocycles. The number of fused-ring (bicyclic) bond motifs is 1. The summed E-state index contributed by atoms with van der Waals surface area (Å²) in [5.41, 5.74) is 5.14. The van der Waals surface area contributed by atoms with E-state index in [-0.39, 0.29) is 12.0 Å². The van der Waals surface area contributed by atoms with Gasteiger partial charge in [0.15, 0.2) is 5.69 Å². The van der Waals surface area contributed by atoms with Crippen LogP contribution in [0, 0.1) is 6.92 Å². The third kappa shape index (κ3) is 2.53. The van der Waals surface area contributed by atoms with Gasteiger partial charge in [0.25, 0.3) is 5.91 Å². The average Bonchev–Trinajstić information content (AvgIpc) is 3.18. The summed E-state index contributed by atoms with van der Waals surface area (Å²) in [4.78, 5) is 14.8. The van der Waals surface area contributed by atoms with Gasteiger partial charge in [-0.2, -0.15) is 5.10 Å². The van der Waals surface area contributed by atoms with Crippen molar-refractivity contribution in [1.82, 2.24) is 14.7 Å². The van der Waals surface area contributed by atoms with Crippen molar-refractivity contribution in [2.75, 3.05) is 13.1 Å². The zero-order chi connectivity index (χ0) is 16.7. The maximum Gasteiger partial charge on any atom is 0.274 e. The standard InChI is InChI=1S/C19H23N3O2/c1-13-5-2-3-7-16(13)22-17-8-4-6-15(17)18(20-22)19(24)21-11-9-14(23)10-12-21/h2-3,5,7,14,23H,4,6,8-12H2,1H3. The number of rotatable bonds is 2. The Kier molecular flexibility index (Phi) is 3.88. The molecule has 2 aliphatic rings. The summed E-state index contributed by atoms with van der Waals surface area (Å²) in [5, 5.41) is 14.4. The predicted octanol–water partition coefficient (Wildman–Crippen LogP) is 2.27. The van der Waals surface area contributed by atoms with E-state index in [9.17, 15) is 9.90 Å². The smallest absolute Gasteiger partial charge is 0.274 e. The van der Waals surface area contributed by atoms with Gasteiger partial charge in [-0.1, -0.05) is 18.2 Å². The van der Waals surface area contributed by atoms with Gasteiger partial charge in [-0.15, -0.1) is 0 Å². The molecule has 0 radical (unpaired) electrons. The number of aliphatic hydroxyl groups is 1. The van der Waals surface area contributed by atoms with Crippen LogP contribution in [0.5, 0.6) is 0 Å². The van der Waals surface area contributed by atoms with E-state index in [2.05, 4.69) is 19.1 Å². The fraction of sp³-hybridized carbons (Fsp3) is 0.474. The minimum Gasteiger partial charge on any atom is -0.393 e. The monoisotopic (exact) mass is 325 g/mol. The van der Waals surface area contributed by atoms with Crippen molar-refractivity contribution in [2.24, 2.45) is 0 Å². The number of aliphatic hydroxyl groups excluding tert-OH is 1. The molecule has 0 bridgehead atoms. The summed E-state index contributed by atoms with van der Waals surface area (Å²) in [6.07, 6.45) is 4.03. The Labute approximate surface area is 141 Å². The highest BCUT2D eigenvalue weighted by molar-refractivity contribution is 5.94. The second kappa shape index (κ2) is 6.06. The number of carbonyl (C=O) groups is 1. The topological polar surface area (TPSA) is 58.4 Å². The molecule has 1 fully saturated rings. The number of carbonyl (C=O) groups excluding carboxylic acids is 1. The quantitative estimate of drug-likeness (QED) is 0.921. The Bertz CT molecular complexity index is 773. The molecular weight excluding hydrogens is 302 g/mol. The summed E-state index contributed by atoms with van der Waals surface area (Å²) >= 11 is 0. The Hall–Kier alpha value is -2.14. The third-order valence-corrected chi connectivity index (χ3v) is 5.23. The van der Waals surface area contributed by atoms with Crippen LogP contribution in [0.15, 0.2) is 24.3 Å². The summed E-state index contributed by atoms with van der Waals surface area (Å²) in [5.74, 6) is 0.0207. The lowest BCUT2D eigenvalue weighted by Crippen LogP contribution is -2.40. The van der Waals surface area contributed by atoms with Crippen LogP contribution in [0.4, 0.5) is 0 Å². The van der Waals surface area contributed by atoms with Crippen molar-refractivity contribution in [3.63, 3.8) is 0 Å². The molecule has 0 spiro atoms. The van der Waals surface area contributed by atoms with E-state index in [1.54, 1.807) is 0 Å². The van der Waals surface area contributed by atoms with Gasteiger partial charge in [-0.25, -0.2) is 4.68 Å². The van der Waals surface area contributed by atoms with Crippen LogP contribution in [0.2, 0.25) is 0 Å². The van der Waals surface area contributed by atoms with E-state index < -0.39 is 0 Å². The first-order chi connectivity index (χ1) is 11.6. The highest BCUT2D eigenvalue weighted by Gasteiger charge is 2.31. The number of aryl methyl sites for hydroxylation is 1. The van der Waals surface area contributed by atoms with E-state index >= 15 is 0 Å². The molecule has 2 heterocycles. The third-order valence-electron chi connectivity index (χ3n) is 5.23. The van der Waals surface area contributed by atoms with Crippen molar-refractivity contribution in [3.8, 4) is 5.69 Å². The Morgan fingerprint density at radius 1 is 1.21 bits per heavy atom. The molecule has 5 heteroatoms. The Morgan fingerprint density at radius 2 is 1.96 bits per heavy atom. The predicted molar refractivity (Wildman–Crippen MR) is 91.5 cm³/mol. The number of amides is 1. The fourth-order valence-corrected chi connectivity index (χ4v) is 3.83. The van der Waals surface area contributed by atoms with Gasteiger partial charge in [0.2, 0.25) is 0 Å². The molecular formula is C19H23N3O2. The normalized spacial score (nSPS) is 18.0. The van der Waals surface area contributed by atoms with Gasteiger partial charge < -0.3 is 10.0 Å². The Morgan fingerprint density at radius 3 is 2.71 bits per heavy atom. The van der Waals surface area contributed by atoms with E-state index in [0.29, 0.717) is 31.6 Å². The van der Waals surface area contributed by atoms with Gasteiger partial charge >= 0.3 is 0 Å². The lowest BCUT2D eigenvalue weighted by molar-refractivity contribution is 0.0540. The highest BCUT2D eigenvalue weighted by Crippen LogP contribution is 2.30. The van der Waals surface area contributed by atoms with Crippen LogP contribution in [0.25, 0.3) is 5.69 Å². The van der Waals surface area contributed by atoms with Gasteiger partial charge in [0.05, 0.1) is 11.8 Å². The number of hydrogen-bond acceptors (Lipinski definition) is 3. The molecule has 1 aromatic heterocycles. The zero-order valence-corrected chi connectivity index (χ0v) is 14.0. The van der Waals surface area contributed by atoms with Gasteiger partial charge in [0.1, 0.15) is 0 Å². The average molecular weight is 325 g/mol. The van der Waals surface area contributed by atoms with Crippen LogP contribution in [-0.4, -0.2) is 44.9 Å². The second-order valence-corrected chi connectivity index (χ2v) is 6.85. The lowest BCUT2D eigenvalue weighted by atomic mass is 10.1. The summed E-state index contributed by atoms with van der Waals surface area (Å²) in [6.45, 7) is 3.31. The molecule has 126 valence electrons. The van der Waals surface area contributed by atoms with Crippen LogP contribution >= 0.6 is 0 Å². The maximum atomic E-state index is 13.0. The molecule has 1 aromatic carbocycles. The van der Waals surface area contributed by atoms with Gasteiger partial charge in [-0.3, -0.25) is 4.79 Å². The second-order valence-electron chi connectivity index (χ2n) is 6.85. The van der Waals surface area contributed by atoms with Crippen molar-refractivity contribution in [3.05, 3.63) is 46.8 Å². The minimum atomic E-state index is -0.274.